The Kier molecular flexibility index (Phi) is 8.00. The summed E-state index contributed by atoms with van der Waals surface area (Å²) in [5.41, 5.74) is 3.36. The van der Waals surface area contributed by atoms with Gasteiger partial charge in [-0.1, -0.05) is 25.1 Å². The maximum absolute atomic E-state index is 13.0. The average Bonchev–Trinajstić information content (AvgIpc) is 3.24. The molecule has 0 aliphatic carbocycles. The second kappa shape index (κ2) is 11.0. The third-order valence-electron chi connectivity index (χ3n) is 6.16. The number of amides is 1. The van der Waals surface area contributed by atoms with Gasteiger partial charge in [0.1, 0.15) is 17.3 Å². The maximum Gasteiger partial charge on any atom is 0.349 e. The van der Waals surface area contributed by atoms with Gasteiger partial charge in [-0.05, 0) is 64.0 Å². The maximum atomic E-state index is 13.0. The molecule has 0 spiro atoms. The number of hydrogen-bond donors (Lipinski definition) is 1. The van der Waals surface area contributed by atoms with E-state index in [1.165, 1.54) is 17.7 Å². The quantitative estimate of drug-likeness (QED) is 0.294. The summed E-state index contributed by atoms with van der Waals surface area (Å²) in [7, 11) is 1.71. The number of carbonyl (C=O) groups is 2. The number of benzene rings is 1. The second-order valence-corrected chi connectivity index (χ2v) is 8.62. The van der Waals surface area contributed by atoms with Crippen LogP contribution in [0.1, 0.15) is 42.9 Å². The summed E-state index contributed by atoms with van der Waals surface area (Å²) >= 11 is 0. The lowest BCUT2D eigenvalue weighted by Gasteiger charge is -2.12. The van der Waals surface area contributed by atoms with Gasteiger partial charge in [0.15, 0.2) is 6.10 Å². The van der Waals surface area contributed by atoms with Crippen molar-refractivity contribution in [2.45, 2.75) is 53.7 Å². The molecule has 0 aliphatic rings. The van der Waals surface area contributed by atoms with E-state index in [1.807, 2.05) is 44.2 Å². The van der Waals surface area contributed by atoms with Gasteiger partial charge in [-0.25, -0.2) is 9.48 Å². The van der Waals surface area contributed by atoms with Gasteiger partial charge in [-0.15, -0.1) is 0 Å². The lowest BCUT2D eigenvalue weighted by Crippen LogP contribution is -2.32. The summed E-state index contributed by atoms with van der Waals surface area (Å²) in [4.78, 5) is 38.5. The van der Waals surface area contributed by atoms with Crippen LogP contribution in [-0.4, -0.2) is 31.9 Å². The average molecular weight is 490 g/mol. The van der Waals surface area contributed by atoms with Gasteiger partial charge in [0, 0.05) is 25.0 Å². The molecule has 3 aromatic rings. The SMILES string of the molecule is CCCn1c(C)cc(/C=C(\C#N)C(=O)OC(C)C(=O)Nc2c(C)n(C)n(-c3ccccc3)c2=O)c1C. The molecule has 9 heteroatoms. The Hall–Kier alpha value is -4.32. The highest BCUT2D eigenvalue weighted by atomic mass is 16.5. The molecule has 0 saturated heterocycles. The molecule has 188 valence electrons. The Morgan fingerprint density at radius 1 is 1.17 bits per heavy atom. The number of esters is 1. The van der Waals surface area contributed by atoms with E-state index in [2.05, 4.69) is 16.8 Å². The normalized spacial score (nSPS) is 12.2. The van der Waals surface area contributed by atoms with Gasteiger partial charge < -0.3 is 14.6 Å². The van der Waals surface area contributed by atoms with Crippen LogP contribution in [0.4, 0.5) is 5.69 Å². The third-order valence-corrected chi connectivity index (χ3v) is 6.16. The number of aromatic nitrogens is 3. The van der Waals surface area contributed by atoms with Crippen LogP contribution >= 0.6 is 0 Å². The smallest absolute Gasteiger partial charge is 0.349 e. The van der Waals surface area contributed by atoms with Gasteiger partial charge in [0.2, 0.25) is 0 Å². The molecule has 1 atom stereocenters. The van der Waals surface area contributed by atoms with Crippen LogP contribution in [0.5, 0.6) is 0 Å². The molecule has 36 heavy (non-hydrogen) atoms. The molecule has 0 radical (unpaired) electrons. The van der Waals surface area contributed by atoms with Crippen LogP contribution in [0.3, 0.4) is 0 Å². The number of nitrogens with one attached hydrogen (secondary N) is 1. The number of aryl methyl sites for hydroxylation is 1. The number of nitrogens with zero attached hydrogens (tertiary/aromatic N) is 4. The summed E-state index contributed by atoms with van der Waals surface area (Å²) in [5, 5.41) is 12.1. The molecule has 2 aromatic heterocycles. The molecule has 1 N–H and O–H groups in total. The number of ether oxygens (including phenoxy) is 1. The van der Waals surface area contributed by atoms with Crippen molar-refractivity contribution in [3.05, 3.63) is 75.0 Å². The van der Waals surface area contributed by atoms with Crippen molar-refractivity contribution in [1.82, 2.24) is 13.9 Å². The van der Waals surface area contributed by atoms with Gasteiger partial charge in [0.25, 0.3) is 11.5 Å². The Labute approximate surface area is 210 Å². The Bertz CT molecular complexity index is 1420. The van der Waals surface area contributed by atoms with Crippen molar-refractivity contribution in [3.63, 3.8) is 0 Å². The van der Waals surface area contributed by atoms with E-state index >= 15 is 0 Å². The number of rotatable bonds is 8. The zero-order chi connectivity index (χ0) is 26.6. The molecule has 1 amide bonds. The minimum atomic E-state index is -1.23. The first-order valence-electron chi connectivity index (χ1n) is 11.7. The van der Waals surface area contributed by atoms with Crippen LogP contribution < -0.4 is 10.9 Å². The first-order valence-corrected chi connectivity index (χ1v) is 11.7. The Morgan fingerprint density at radius 3 is 2.44 bits per heavy atom. The predicted octanol–water partition coefficient (Wildman–Crippen LogP) is 3.79. The fourth-order valence-electron chi connectivity index (χ4n) is 4.05. The zero-order valence-electron chi connectivity index (χ0n) is 21.5. The highest BCUT2D eigenvalue weighted by Gasteiger charge is 2.24. The largest absolute Gasteiger partial charge is 0.448 e. The summed E-state index contributed by atoms with van der Waals surface area (Å²) in [6.07, 6.45) is 1.20. The predicted molar refractivity (Wildman–Crippen MR) is 138 cm³/mol. The highest BCUT2D eigenvalue weighted by molar-refractivity contribution is 6.01. The Morgan fingerprint density at radius 2 is 1.83 bits per heavy atom. The molecule has 9 nitrogen and oxygen atoms in total. The molecule has 0 bridgehead atoms. The van der Waals surface area contributed by atoms with Gasteiger partial charge in [-0.3, -0.25) is 14.3 Å². The van der Waals surface area contributed by atoms with E-state index in [9.17, 15) is 19.6 Å². The van der Waals surface area contributed by atoms with Crippen LogP contribution in [-0.2, 0) is 27.9 Å². The van der Waals surface area contributed by atoms with E-state index in [4.69, 9.17) is 4.74 Å². The fraction of sp³-hybridized carbons (Fsp3) is 0.333. The zero-order valence-corrected chi connectivity index (χ0v) is 21.5. The molecule has 2 heterocycles. The van der Waals surface area contributed by atoms with Gasteiger partial charge in [0.05, 0.1) is 11.4 Å². The van der Waals surface area contributed by atoms with E-state index < -0.39 is 23.5 Å². The number of hydrogen-bond acceptors (Lipinski definition) is 5. The number of para-hydroxylation sites is 1. The molecular weight excluding hydrogens is 458 g/mol. The van der Waals surface area contributed by atoms with Crippen LogP contribution in [0, 0.1) is 32.1 Å². The lowest BCUT2D eigenvalue weighted by molar-refractivity contribution is -0.148. The fourth-order valence-corrected chi connectivity index (χ4v) is 4.05. The van der Waals surface area contributed by atoms with Crippen molar-refractivity contribution in [2.24, 2.45) is 7.05 Å². The molecule has 0 saturated carbocycles. The molecule has 1 aromatic carbocycles. The lowest BCUT2D eigenvalue weighted by atomic mass is 10.1. The van der Waals surface area contributed by atoms with E-state index in [-0.39, 0.29) is 11.3 Å². The van der Waals surface area contributed by atoms with Crippen molar-refractivity contribution in [3.8, 4) is 11.8 Å². The molecule has 3 rings (SSSR count). The monoisotopic (exact) mass is 489 g/mol. The van der Waals surface area contributed by atoms with Gasteiger partial charge >= 0.3 is 5.97 Å². The number of anilines is 1. The van der Waals surface area contributed by atoms with E-state index in [1.54, 1.807) is 30.8 Å². The first-order chi connectivity index (χ1) is 17.1. The minimum Gasteiger partial charge on any atom is -0.448 e. The molecular formula is C27H31N5O4. The summed E-state index contributed by atoms with van der Waals surface area (Å²) in [6, 6.07) is 12.8. The van der Waals surface area contributed by atoms with Gasteiger partial charge in [-0.2, -0.15) is 5.26 Å². The summed E-state index contributed by atoms with van der Waals surface area (Å²) < 4.78 is 10.5. The topological polar surface area (TPSA) is 111 Å². The standard InChI is InChI=1S/C27H31N5O4/c1-7-13-31-17(2)14-21(18(31)3)15-22(16-28)27(35)36-20(5)25(33)29-24-19(4)30(6)32(26(24)34)23-11-9-8-10-12-23/h8-12,14-15,20H,7,13H2,1-6H3,(H,29,33)/b22-15+. The second-order valence-electron chi connectivity index (χ2n) is 8.62. The molecule has 0 aliphatic heterocycles. The minimum absolute atomic E-state index is 0.0914. The van der Waals surface area contributed by atoms with Crippen LogP contribution in [0.25, 0.3) is 11.8 Å². The highest BCUT2D eigenvalue weighted by Crippen LogP contribution is 2.20. The first kappa shape index (κ1) is 26.3. The summed E-state index contributed by atoms with van der Waals surface area (Å²) in [6.45, 7) is 9.90. The van der Waals surface area contributed by atoms with Crippen LogP contribution in [0.2, 0.25) is 0 Å². The molecule has 1 unspecified atom stereocenters. The molecule has 0 fully saturated rings. The van der Waals surface area contributed by atoms with Crippen molar-refractivity contribution >= 4 is 23.6 Å². The number of carbonyl (C=O) groups excluding carboxylic acids is 2. The summed E-state index contributed by atoms with van der Waals surface area (Å²) in [5.74, 6) is -1.58. The van der Waals surface area contributed by atoms with Crippen molar-refractivity contribution in [2.75, 3.05) is 5.32 Å². The van der Waals surface area contributed by atoms with Crippen molar-refractivity contribution < 1.29 is 14.3 Å². The van der Waals surface area contributed by atoms with Crippen LogP contribution in [0.15, 0.2) is 46.8 Å². The number of nitriles is 1. The van der Waals surface area contributed by atoms with Crippen molar-refractivity contribution in [1.29, 1.82) is 5.26 Å². The Balaban J connectivity index is 1.78. The van der Waals surface area contributed by atoms with E-state index in [0.29, 0.717) is 11.4 Å². The third kappa shape index (κ3) is 5.18. The van der Waals surface area contributed by atoms with E-state index in [0.717, 1.165) is 29.9 Å².